The minimum atomic E-state index is -1.03. The van der Waals surface area contributed by atoms with Crippen molar-refractivity contribution < 1.29 is 29.0 Å². The van der Waals surface area contributed by atoms with Crippen LogP contribution in [0.5, 0.6) is 0 Å². The highest BCUT2D eigenvalue weighted by Gasteiger charge is 2.31. The lowest BCUT2D eigenvalue weighted by molar-refractivity contribution is -0.132. The number of carbonyl (C=O) groups excluding carboxylic acids is 4. The van der Waals surface area contributed by atoms with Crippen molar-refractivity contribution in [3.8, 4) is 0 Å². The Morgan fingerprint density at radius 3 is 2.16 bits per heavy atom. The third kappa shape index (κ3) is 15.3. The first kappa shape index (κ1) is 38.6. The zero-order valence-electron chi connectivity index (χ0n) is 27.2. The van der Waals surface area contributed by atoms with E-state index in [-0.39, 0.29) is 42.6 Å². The lowest BCUT2D eigenvalue weighted by atomic mass is 9.91. The number of aliphatic hydroxyl groups excluding tert-OH is 1. The van der Waals surface area contributed by atoms with Gasteiger partial charge in [-0.25, -0.2) is 9.78 Å². The fourth-order valence-corrected chi connectivity index (χ4v) is 5.57. The molecule has 0 aliphatic carbocycles. The third-order valence-electron chi connectivity index (χ3n) is 6.58. The van der Waals surface area contributed by atoms with Crippen molar-refractivity contribution in [3.05, 3.63) is 16.1 Å². The van der Waals surface area contributed by atoms with Crippen LogP contribution in [-0.4, -0.2) is 76.2 Å². The first-order valence-electron chi connectivity index (χ1n) is 15.1. The molecule has 0 fully saturated rings. The van der Waals surface area contributed by atoms with Crippen LogP contribution in [0.2, 0.25) is 0 Å². The first-order chi connectivity index (χ1) is 20.1. The standard InChI is InChI=1S/C30H53N5O6S2/c1-10-42-16-23(34-30(40)41-14-25-32-21(9)15-43-25)28(38)33-22(11-17(2)3)24(36)12-20(8)27(37)35-26(19(6)7)29(39)31-13-18(4)5/h15,17-20,22-24,26,36H,10-14,16H2,1-9H3,(H,31,39)(H,33,38)(H,34,40)(H,35,37)/t20-,22-,23+,24+,26-/m1/s1. The number of aromatic nitrogens is 1. The summed E-state index contributed by atoms with van der Waals surface area (Å²) < 4.78 is 5.28. The zero-order valence-corrected chi connectivity index (χ0v) is 28.8. The van der Waals surface area contributed by atoms with E-state index in [9.17, 15) is 24.3 Å². The summed E-state index contributed by atoms with van der Waals surface area (Å²) in [6.45, 7) is 17.7. The molecule has 0 spiro atoms. The molecule has 0 saturated heterocycles. The van der Waals surface area contributed by atoms with Gasteiger partial charge in [0.25, 0.3) is 0 Å². The average molecular weight is 644 g/mol. The van der Waals surface area contributed by atoms with Gasteiger partial charge in [-0.2, -0.15) is 11.8 Å². The Kier molecular flexibility index (Phi) is 17.8. The van der Waals surface area contributed by atoms with Gasteiger partial charge in [-0.15, -0.1) is 11.3 Å². The van der Waals surface area contributed by atoms with E-state index in [0.717, 1.165) is 11.4 Å². The maximum absolute atomic E-state index is 13.3. The van der Waals surface area contributed by atoms with Gasteiger partial charge in [-0.05, 0) is 43.3 Å². The van der Waals surface area contributed by atoms with Crippen molar-refractivity contribution in [2.24, 2.45) is 23.7 Å². The van der Waals surface area contributed by atoms with Gasteiger partial charge >= 0.3 is 6.09 Å². The minimum absolute atomic E-state index is 0.00525. The molecule has 0 radical (unpaired) electrons. The fraction of sp³-hybridized carbons (Fsp3) is 0.767. The molecule has 1 aromatic rings. The van der Waals surface area contributed by atoms with Crippen molar-refractivity contribution in [3.63, 3.8) is 0 Å². The zero-order chi connectivity index (χ0) is 32.7. The molecule has 0 aliphatic heterocycles. The number of aliphatic hydroxyl groups is 1. The summed E-state index contributed by atoms with van der Waals surface area (Å²) in [6.07, 6.45) is -1.21. The van der Waals surface area contributed by atoms with Gasteiger partial charge in [0.05, 0.1) is 12.1 Å². The van der Waals surface area contributed by atoms with Gasteiger partial charge in [-0.1, -0.05) is 55.4 Å². The molecule has 246 valence electrons. The van der Waals surface area contributed by atoms with Gasteiger partial charge < -0.3 is 31.1 Å². The van der Waals surface area contributed by atoms with Crippen LogP contribution in [0, 0.1) is 30.6 Å². The predicted octanol–water partition coefficient (Wildman–Crippen LogP) is 3.63. The monoisotopic (exact) mass is 643 g/mol. The van der Waals surface area contributed by atoms with Crippen LogP contribution in [-0.2, 0) is 25.7 Å². The number of nitrogens with zero attached hydrogens (tertiary/aromatic N) is 1. The van der Waals surface area contributed by atoms with Crippen molar-refractivity contribution in [1.29, 1.82) is 0 Å². The molecular weight excluding hydrogens is 590 g/mol. The number of rotatable bonds is 19. The molecule has 5 N–H and O–H groups in total. The van der Waals surface area contributed by atoms with E-state index in [1.165, 1.54) is 23.1 Å². The van der Waals surface area contributed by atoms with Gasteiger partial charge in [0.1, 0.15) is 23.7 Å². The van der Waals surface area contributed by atoms with Crippen LogP contribution in [0.1, 0.15) is 78.9 Å². The lowest BCUT2D eigenvalue weighted by Crippen LogP contribution is -2.54. The van der Waals surface area contributed by atoms with Crippen molar-refractivity contribution >= 4 is 46.9 Å². The Balaban J connectivity index is 2.87. The van der Waals surface area contributed by atoms with E-state index in [2.05, 4.69) is 26.3 Å². The molecule has 13 heteroatoms. The number of amides is 4. The topological polar surface area (TPSA) is 159 Å². The number of hydrogen-bond donors (Lipinski definition) is 5. The van der Waals surface area contributed by atoms with E-state index in [1.54, 1.807) is 6.92 Å². The Labute approximate surface area is 265 Å². The third-order valence-corrected chi connectivity index (χ3v) is 8.50. The van der Waals surface area contributed by atoms with Gasteiger partial charge in [0.15, 0.2) is 0 Å². The molecule has 1 heterocycles. The fourth-order valence-electron chi connectivity index (χ4n) is 4.18. The Hall–Kier alpha value is -2.38. The van der Waals surface area contributed by atoms with Gasteiger partial charge in [-0.3, -0.25) is 14.4 Å². The molecule has 0 aromatic carbocycles. The molecule has 43 heavy (non-hydrogen) atoms. The number of thioether (sulfide) groups is 1. The summed E-state index contributed by atoms with van der Waals surface area (Å²) in [5.41, 5.74) is 0.842. The SMILES string of the molecule is CCSC[C@H](NC(=O)OCc1nc(C)cs1)C(=O)N[C@H](CC(C)C)[C@@H](O)C[C@@H](C)C(=O)N[C@@H](C(=O)NCC(C)C)C(C)C. The minimum Gasteiger partial charge on any atom is -0.442 e. The Bertz CT molecular complexity index is 1020. The van der Waals surface area contributed by atoms with Gasteiger partial charge in [0.2, 0.25) is 17.7 Å². The highest BCUT2D eigenvalue weighted by Crippen LogP contribution is 2.17. The quantitative estimate of drug-likeness (QED) is 0.153. The highest BCUT2D eigenvalue weighted by atomic mass is 32.2. The number of alkyl carbamates (subject to hydrolysis) is 1. The number of hydrogen-bond acceptors (Lipinski definition) is 9. The number of thiazole rings is 1. The molecule has 1 rings (SSSR count). The molecule has 11 nitrogen and oxygen atoms in total. The summed E-state index contributed by atoms with van der Waals surface area (Å²) in [5.74, 6) is -0.262. The van der Waals surface area contributed by atoms with Crippen LogP contribution in [0.15, 0.2) is 5.38 Å². The molecule has 4 amide bonds. The molecule has 5 atom stereocenters. The van der Waals surface area contributed by atoms with E-state index in [1.807, 2.05) is 60.8 Å². The van der Waals surface area contributed by atoms with E-state index in [0.29, 0.717) is 23.7 Å². The molecule has 0 aliphatic rings. The molecule has 0 bridgehead atoms. The van der Waals surface area contributed by atoms with Crippen LogP contribution in [0.25, 0.3) is 0 Å². The number of aryl methyl sites for hydroxylation is 1. The van der Waals surface area contributed by atoms with Crippen molar-refractivity contribution in [2.45, 2.75) is 106 Å². The summed E-state index contributed by atoms with van der Waals surface area (Å²) in [6, 6.07) is -2.23. The second kappa shape index (κ2) is 19.8. The highest BCUT2D eigenvalue weighted by molar-refractivity contribution is 7.99. The maximum Gasteiger partial charge on any atom is 0.408 e. The second-order valence-electron chi connectivity index (χ2n) is 12.1. The molecule has 0 saturated carbocycles. The molecule has 0 unspecified atom stereocenters. The van der Waals surface area contributed by atoms with Crippen molar-refractivity contribution in [2.75, 3.05) is 18.1 Å². The number of nitrogens with one attached hydrogen (secondary N) is 4. The summed E-state index contributed by atoms with van der Waals surface area (Å²) in [7, 11) is 0. The summed E-state index contributed by atoms with van der Waals surface area (Å²) in [5, 5.41) is 25.0. The smallest absolute Gasteiger partial charge is 0.408 e. The normalized spacial score (nSPS) is 15.0. The number of carbonyl (C=O) groups is 4. The van der Waals surface area contributed by atoms with Crippen LogP contribution < -0.4 is 21.3 Å². The second-order valence-corrected chi connectivity index (χ2v) is 14.4. The number of ether oxygens (including phenoxy) is 1. The van der Waals surface area contributed by atoms with E-state index in [4.69, 9.17) is 4.74 Å². The summed E-state index contributed by atoms with van der Waals surface area (Å²) >= 11 is 2.88. The largest absolute Gasteiger partial charge is 0.442 e. The van der Waals surface area contributed by atoms with Crippen LogP contribution >= 0.6 is 23.1 Å². The molecule has 1 aromatic heterocycles. The maximum atomic E-state index is 13.3. The average Bonchev–Trinajstić information content (AvgIpc) is 3.35. The lowest BCUT2D eigenvalue weighted by Gasteiger charge is -2.30. The molecular formula is C30H53N5O6S2. The van der Waals surface area contributed by atoms with Gasteiger partial charge in [0, 0.05) is 29.3 Å². The Morgan fingerprint density at radius 2 is 1.63 bits per heavy atom. The first-order valence-corrected chi connectivity index (χ1v) is 17.2. The summed E-state index contributed by atoms with van der Waals surface area (Å²) in [4.78, 5) is 55.9. The van der Waals surface area contributed by atoms with Crippen molar-refractivity contribution in [1.82, 2.24) is 26.3 Å². The van der Waals surface area contributed by atoms with E-state index < -0.39 is 42.1 Å². The van der Waals surface area contributed by atoms with Crippen LogP contribution in [0.3, 0.4) is 0 Å². The Morgan fingerprint density at radius 1 is 0.953 bits per heavy atom. The van der Waals surface area contributed by atoms with Crippen LogP contribution in [0.4, 0.5) is 4.79 Å². The predicted molar refractivity (Wildman–Crippen MR) is 173 cm³/mol. The van der Waals surface area contributed by atoms with E-state index >= 15 is 0 Å².